The van der Waals surface area contributed by atoms with Crippen molar-refractivity contribution in [1.29, 1.82) is 0 Å². The van der Waals surface area contributed by atoms with Crippen LogP contribution in [0.15, 0.2) is 0 Å². The summed E-state index contributed by atoms with van der Waals surface area (Å²) in [6, 6.07) is 1.36. The maximum Gasteiger partial charge on any atom is 0.0509 e. The zero-order valence-corrected chi connectivity index (χ0v) is 13.5. The van der Waals surface area contributed by atoms with Crippen molar-refractivity contribution >= 4 is 0 Å². The molecule has 0 aromatic rings. The first kappa shape index (κ1) is 14.8. The highest BCUT2D eigenvalue weighted by molar-refractivity contribution is 5.03. The van der Waals surface area contributed by atoms with Gasteiger partial charge in [0.05, 0.1) is 6.61 Å². The van der Waals surface area contributed by atoms with E-state index in [1.54, 1.807) is 0 Å². The topological polar surface area (TPSA) is 24.5 Å². The summed E-state index contributed by atoms with van der Waals surface area (Å²) in [5, 5.41) is 3.93. The van der Waals surface area contributed by atoms with Crippen molar-refractivity contribution in [3.63, 3.8) is 0 Å². The van der Waals surface area contributed by atoms with E-state index in [9.17, 15) is 0 Å². The predicted octanol–water partition coefficient (Wildman–Crippen LogP) is 2.65. The van der Waals surface area contributed by atoms with Crippen molar-refractivity contribution in [1.82, 2.24) is 10.2 Å². The Morgan fingerprint density at radius 1 is 1.20 bits per heavy atom. The van der Waals surface area contributed by atoms with Gasteiger partial charge >= 0.3 is 0 Å². The summed E-state index contributed by atoms with van der Waals surface area (Å²) in [6.45, 7) is 11.6. The fourth-order valence-corrected chi connectivity index (χ4v) is 4.62. The molecule has 2 aliphatic heterocycles. The second-order valence-corrected chi connectivity index (χ2v) is 7.72. The Morgan fingerprint density at radius 2 is 1.95 bits per heavy atom. The van der Waals surface area contributed by atoms with E-state index >= 15 is 0 Å². The van der Waals surface area contributed by atoms with Gasteiger partial charge in [0.15, 0.2) is 0 Å². The van der Waals surface area contributed by atoms with Gasteiger partial charge in [0.25, 0.3) is 0 Å². The van der Waals surface area contributed by atoms with Crippen LogP contribution in [0.3, 0.4) is 0 Å². The molecular formula is C17H32N2O. The van der Waals surface area contributed by atoms with Crippen molar-refractivity contribution in [2.75, 3.05) is 26.3 Å². The third kappa shape index (κ3) is 2.77. The van der Waals surface area contributed by atoms with Crippen LogP contribution < -0.4 is 5.32 Å². The lowest BCUT2D eigenvalue weighted by atomic mass is 9.85. The van der Waals surface area contributed by atoms with Gasteiger partial charge in [-0.15, -0.1) is 0 Å². The molecule has 2 saturated heterocycles. The predicted molar refractivity (Wildman–Crippen MR) is 82.9 cm³/mol. The minimum atomic E-state index is 0.430. The molecule has 3 fully saturated rings. The van der Waals surface area contributed by atoms with E-state index in [0.29, 0.717) is 17.6 Å². The van der Waals surface area contributed by atoms with Gasteiger partial charge in [-0.2, -0.15) is 0 Å². The Balaban J connectivity index is 1.74. The zero-order valence-electron chi connectivity index (χ0n) is 13.5. The second kappa shape index (κ2) is 5.94. The van der Waals surface area contributed by atoms with Crippen molar-refractivity contribution in [2.24, 2.45) is 11.8 Å². The molecule has 20 heavy (non-hydrogen) atoms. The van der Waals surface area contributed by atoms with Gasteiger partial charge in [0.2, 0.25) is 0 Å². The van der Waals surface area contributed by atoms with Crippen LogP contribution in [0.5, 0.6) is 0 Å². The normalized spacial score (nSPS) is 36.0. The molecule has 116 valence electrons. The molecule has 0 aromatic heterocycles. The molecule has 1 saturated carbocycles. The molecule has 3 heteroatoms. The molecule has 0 bridgehead atoms. The Bertz CT molecular complexity index is 319. The number of nitrogens with one attached hydrogen (secondary N) is 1. The summed E-state index contributed by atoms with van der Waals surface area (Å²) in [5.74, 6) is 1.47. The van der Waals surface area contributed by atoms with E-state index in [1.807, 2.05) is 0 Å². The standard InChI is InChI=1S/C17H32N2O/c1-13(2)16-10-18-17(7-4-5-8-17)12-19(16)14(3)15-6-9-20-11-15/h13-16,18H,4-12H2,1-3H3. The fourth-order valence-electron chi connectivity index (χ4n) is 4.62. The van der Waals surface area contributed by atoms with Gasteiger partial charge in [-0.05, 0) is 38.0 Å². The van der Waals surface area contributed by atoms with Crippen LogP contribution >= 0.6 is 0 Å². The first-order valence-electron chi connectivity index (χ1n) is 8.70. The minimum Gasteiger partial charge on any atom is -0.381 e. The molecule has 0 radical (unpaired) electrons. The first-order chi connectivity index (χ1) is 9.61. The van der Waals surface area contributed by atoms with Crippen molar-refractivity contribution in [2.45, 2.75) is 70.5 Å². The van der Waals surface area contributed by atoms with E-state index < -0.39 is 0 Å². The lowest BCUT2D eigenvalue weighted by molar-refractivity contribution is 0.00571. The highest BCUT2D eigenvalue weighted by Crippen LogP contribution is 2.36. The van der Waals surface area contributed by atoms with E-state index in [1.165, 1.54) is 45.2 Å². The van der Waals surface area contributed by atoms with Crippen LogP contribution in [0.1, 0.15) is 52.9 Å². The average molecular weight is 280 g/mol. The Labute approximate surface area is 124 Å². The molecule has 1 spiro atoms. The Morgan fingerprint density at radius 3 is 2.55 bits per heavy atom. The smallest absolute Gasteiger partial charge is 0.0509 e. The van der Waals surface area contributed by atoms with Crippen LogP contribution in [-0.2, 0) is 4.74 Å². The summed E-state index contributed by atoms with van der Waals surface area (Å²) in [7, 11) is 0. The van der Waals surface area contributed by atoms with Gasteiger partial charge in [-0.25, -0.2) is 0 Å². The SMILES string of the molecule is CC(C)C1CNC2(CCCC2)CN1C(C)C1CCOC1. The van der Waals surface area contributed by atoms with E-state index in [-0.39, 0.29) is 0 Å². The van der Waals surface area contributed by atoms with Crippen molar-refractivity contribution < 1.29 is 4.74 Å². The third-order valence-corrected chi connectivity index (χ3v) is 6.10. The van der Waals surface area contributed by atoms with Gasteiger partial charge in [0.1, 0.15) is 0 Å². The zero-order chi connectivity index (χ0) is 14.2. The summed E-state index contributed by atoms with van der Waals surface area (Å²) >= 11 is 0. The number of ether oxygens (including phenoxy) is 1. The van der Waals surface area contributed by atoms with Gasteiger partial charge < -0.3 is 10.1 Å². The maximum absolute atomic E-state index is 5.64. The van der Waals surface area contributed by atoms with Gasteiger partial charge in [-0.1, -0.05) is 26.7 Å². The van der Waals surface area contributed by atoms with Crippen LogP contribution in [0.25, 0.3) is 0 Å². The molecule has 2 heterocycles. The lowest BCUT2D eigenvalue weighted by Gasteiger charge is -2.51. The summed E-state index contributed by atoms with van der Waals surface area (Å²) in [4.78, 5) is 2.84. The molecule has 0 amide bonds. The first-order valence-corrected chi connectivity index (χ1v) is 8.70. The monoisotopic (exact) mass is 280 g/mol. The Kier molecular flexibility index (Phi) is 4.40. The summed E-state index contributed by atoms with van der Waals surface area (Å²) in [5.41, 5.74) is 0.430. The van der Waals surface area contributed by atoms with Gasteiger partial charge in [0, 0.05) is 37.3 Å². The maximum atomic E-state index is 5.64. The molecule has 0 aromatic carbocycles. The molecule has 1 N–H and O–H groups in total. The summed E-state index contributed by atoms with van der Waals surface area (Å²) in [6.07, 6.45) is 6.83. The highest BCUT2D eigenvalue weighted by Gasteiger charge is 2.44. The third-order valence-electron chi connectivity index (χ3n) is 6.10. The van der Waals surface area contributed by atoms with Gasteiger partial charge in [-0.3, -0.25) is 4.90 Å². The van der Waals surface area contributed by atoms with Crippen LogP contribution in [0.2, 0.25) is 0 Å². The molecule has 3 rings (SSSR count). The quantitative estimate of drug-likeness (QED) is 0.860. The number of piperazine rings is 1. The second-order valence-electron chi connectivity index (χ2n) is 7.72. The van der Waals surface area contributed by atoms with Crippen LogP contribution in [-0.4, -0.2) is 48.8 Å². The van der Waals surface area contributed by atoms with Crippen molar-refractivity contribution in [3.8, 4) is 0 Å². The number of hydrogen-bond donors (Lipinski definition) is 1. The minimum absolute atomic E-state index is 0.430. The average Bonchev–Trinajstić information content (AvgIpc) is 3.09. The molecule has 3 unspecified atom stereocenters. The molecule has 1 aliphatic carbocycles. The van der Waals surface area contributed by atoms with E-state index in [0.717, 1.165) is 25.0 Å². The van der Waals surface area contributed by atoms with E-state index in [2.05, 4.69) is 31.0 Å². The highest BCUT2D eigenvalue weighted by atomic mass is 16.5. The fraction of sp³-hybridized carbons (Fsp3) is 1.00. The lowest BCUT2D eigenvalue weighted by Crippen LogP contribution is -2.66. The summed E-state index contributed by atoms with van der Waals surface area (Å²) < 4.78 is 5.64. The van der Waals surface area contributed by atoms with Crippen LogP contribution in [0, 0.1) is 11.8 Å². The van der Waals surface area contributed by atoms with Crippen LogP contribution in [0.4, 0.5) is 0 Å². The number of nitrogens with zero attached hydrogens (tertiary/aromatic N) is 1. The largest absolute Gasteiger partial charge is 0.381 e. The molecule has 3 atom stereocenters. The molecule has 3 aliphatic rings. The number of rotatable bonds is 3. The number of hydrogen-bond acceptors (Lipinski definition) is 3. The van der Waals surface area contributed by atoms with Crippen molar-refractivity contribution in [3.05, 3.63) is 0 Å². The molecule has 3 nitrogen and oxygen atoms in total. The molecular weight excluding hydrogens is 248 g/mol. The van der Waals surface area contributed by atoms with E-state index in [4.69, 9.17) is 4.74 Å². The Hall–Kier alpha value is -0.120.